The zero-order valence-electron chi connectivity index (χ0n) is 16.8. The molecule has 0 amide bonds. The highest BCUT2D eigenvalue weighted by Gasteiger charge is 2.56. The van der Waals surface area contributed by atoms with Crippen LogP contribution in [-0.4, -0.2) is 43.5 Å². The fraction of sp³-hybridized carbons (Fsp3) is 0.667. The molecule has 0 aliphatic heterocycles. The quantitative estimate of drug-likeness (QED) is 0.504. The predicted molar refractivity (Wildman–Crippen MR) is 107 cm³/mol. The molecule has 2 fully saturated rings. The second kappa shape index (κ2) is 8.83. The summed E-state index contributed by atoms with van der Waals surface area (Å²) in [7, 11) is 1.62. The molecular weight excluding hydrogens is 342 g/mol. The second-order valence-electron chi connectivity index (χ2n) is 7.51. The first-order valence-electron chi connectivity index (χ1n) is 10.1. The first-order valence-corrected chi connectivity index (χ1v) is 10.1. The van der Waals surface area contributed by atoms with Crippen molar-refractivity contribution in [3.05, 3.63) is 23.8 Å². The number of ether oxygens (including phenoxy) is 2. The third-order valence-corrected chi connectivity index (χ3v) is 6.04. The standard InChI is InChI=1S/C21H33N3O3/c1-4-22-20(23-14-15-12-16(26-3)8-9-17(15)25)24-18-13-19(27-5-2)21(18)10-6-7-11-21/h8-9,12,18-19,25H,4-7,10-11,13-14H2,1-3H3,(H2,22,23,24). The molecule has 6 nitrogen and oxygen atoms in total. The summed E-state index contributed by atoms with van der Waals surface area (Å²) in [5, 5.41) is 17.1. The number of phenolic OH excluding ortho intramolecular Hbond substituents is 1. The molecule has 2 unspecified atom stereocenters. The third kappa shape index (κ3) is 4.15. The Morgan fingerprint density at radius 1 is 1.30 bits per heavy atom. The first kappa shape index (κ1) is 19.8. The van der Waals surface area contributed by atoms with Gasteiger partial charge in [0.15, 0.2) is 5.96 Å². The van der Waals surface area contributed by atoms with Crippen molar-refractivity contribution in [2.24, 2.45) is 10.4 Å². The zero-order valence-corrected chi connectivity index (χ0v) is 16.8. The summed E-state index contributed by atoms with van der Waals surface area (Å²) in [5.41, 5.74) is 1.01. The van der Waals surface area contributed by atoms with Crippen LogP contribution in [0.25, 0.3) is 0 Å². The maximum atomic E-state index is 10.1. The molecule has 0 bridgehead atoms. The van der Waals surface area contributed by atoms with Crippen molar-refractivity contribution < 1.29 is 14.6 Å². The Morgan fingerprint density at radius 3 is 2.74 bits per heavy atom. The lowest BCUT2D eigenvalue weighted by Gasteiger charge is -2.54. The van der Waals surface area contributed by atoms with Gasteiger partial charge in [-0.25, -0.2) is 4.99 Å². The number of nitrogens with zero attached hydrogens (tertiary/aromatic N) is 1. The number of hydrogen-bond donors (Lipinski definition) is 3. The van der Waals surface area contributed by atoms with E-state index >= 15 is 0 Å². The van der Waals surface area contributed by atoms with E-state index in [1.807, 2.05) is 6.07 Å². The van der Waals surface area contributed by atoms with Gasteiger partial charge in [-0.15, -0.1) is 0 Å². The third-order valence-electron chi connectivity index (χ3n) is 6.04. The van der Waals surface area contributed by atoms with Gasteiger partial charge in [0, 0.05) is 30.2 Å². The van der Waals surface area contributed by atoms with Crippen molar-refractivity contribution in [2.75, 3.05) is 20.3 Å². The van der Waals surface area contributed by atoms with E-state index in [9.17, 15) is 5.11 Å². The number of rotatable bonds is 7. The lowest BCUT2D eigenvalue weighted by molar-refractivity contribution is -0.125. The van der Waals surface area contributed by atoms with Gasteiger partial charge in [-0.3, -0.25) is 0 Å². The number of methoxy groups -OCH3 is 1. The van der Waals surface area contributed by atoms with Crippen LogP contribution in [0.2, 0.25) is 0 Å². The lowest BCUT2D eigenvalue weighted by Crippen LogP contribution is -2.65. The summed E-state index contributed by atoms with van der Waals surface area (Å²) in [6.45, 7) is 6.12. The Kier molecular flexibility index (Phi) is 6.47. The van der Waals surface area contributed by atoms with Gasteiger partial charge in [0.1, 0.15) is 11.5 Å². The Morgan fingerprint density at radius 2 is 2.07 bits per heavy atom. The van der Waals surface area contributed by atoms with Crippen LogP contribution in [-0.2, 0) is 11.3 Å². The van der Waals surface area contributed by atoms with E-state index in [0.717, 1.165) is 36.8 Å². The maximum Gasteiger partial charge on any atom is 0.191 e. The van der Waals surface area contributed by atoms with Crippen LogP contribution >= 0.6 is 0 Å². The summed E-state index contributed by atoms with van der Waals surface area (Å²) in [6, 6.07) is 5.62. The Bertz CT molecular complexity index is 656. The number of nitrogens with one attached hydrogen (secondary N) is 2. The lowest BCUT2D eigenvalue weighted by atomic mass is 9.60. The van der Waals surface area contributed by atoms with E-state index in [0.29, 0.717) is 18.7 Å². The molecule has 1 aromatic carbocycles. The van der Waals surface area contributed by atoms with E-state index in [2.05, 4.69) is 24.5 Å². The summed E-state index contributed by atoms with van der Waals surface area (Å²) in [5.74, 6) is 1.76. The Balaban J connectivity index is 1.70. The molecule has 3 rings (SSSR count). The number of hydrogen-bond acceptors (Lipinski definition) is 4. The minimum absolute atomic E-state index is 0.239. The summed E-state index contributed by atoms with van der Waals surface area (Å²) in [4.78, 5) is 4.71. The molecule has 0 aromatic heterocycles. The van der Waals surface area contributed by atoms with E-state index in [1.165, 1.54) is 25.7 Å². The molecule has 2 atom stereocenters. The highest BCUT2D eigenvalue weighted by Crippen LogP contribution is 2.54. The molecule has 2 aliphatic rings. The van der Waals surface area contributed by atoms with Crippen molar-refractivity contribution >= 4 is 5.96 Å². The summed E-state index contributed by atoms with van der Waals surface area (Å²) in [6.07, 6.45) is 6.42. The molecule has 0 heterocycles. The highest BCUT2D eigenvalue weighted by molar-refractivity contribution is 5.80. The minimum Gasteiger partial charge on any atom is -0.508 e. The molecule has 3 N–H and O–H groups in total. The molecule has 27 heavy (non-hydrogen) atoms. The number of aromatic hydroxyl groups is 1. The molecular formula is C21H33N3O3. The SMILES string of the molecule is CCNC(=NCc1cc(OC)ccc1O)NC1CC(OCC)C12CCCC2. The number of phenols is 1. The number of aliphatic imine (C=N–C) groups is 1. The van der Waals surface area contributed by atoms with Crippen LogP contribution in [0.1, 0.15) is 51.5 Å². The Labute approximate surface area is 162 Å². The monoisotopic (exact) mass is 375 g/mol. The fourth-order valence-corrected chi connectivity index (χ4v) is 4.55. The van der Waals surface area contributed by atoms with Gasteiger partial charge in [0.05, 0.1) is 19.8 Å². The van der Waals surface area contributed by atoms with Gasteiger partial charge in [0.25, 0.3) is 0 Å². The van der Waals surface area contributed by atoms with Gasteiger partial charge in [-0.05, 0) is 51.3 Å². The van der Waals surface area contributed by atoms with Crippen molar-refractivity contribution in [1.82, 2.24) is 10.6 Å². The van der Waals surface area contributed by atoms with Crippen LogP contribution in [0, 0.1) is 5.41 Å². The van der Waals surface area contributed by atoms with E-state index < -0.39 is 0 Å². The molecule has 2 saturated carbocycles. The van der Waals surface area contributed by atoms with Crippen molar-refractivity contribution in [1.29, 1.82) is 0 Å². The van der Waals surface area contributed by atoms with Gasteiger partial charge in [0.2, 0.25) is 0 Å². The summed E-state index contributed by atoms with van der Waals surface area (Å²) < 4.78 is 11.3. The highest BCUT2D eigenvalue weighted by atomic mass is 16.5. The molecule has 1 aromatic rings. The zero-order chi connectivity index (χ0) is 19.3. The van der Waals surface area contributed by atoms with Gasteiger partial charge < -0.3 is 25.2 Å². The molecule has 150 valence electrons. The Hall–Kier alpha value is -1.95. The predicted octanol–water partition coefficient (Wildman–Crippen LogP) is 3.19. The topological polar surface area (TPSA) is 75.1 Å². The second-order valence-corrected chi connectivity index (χ2v) is 7.51. The van der Waals surface area contributed by atoms with Gasteiger partial charge in [-0.1, -0.05) is 12.8 Å². The number of benzene rings is 1. The average Bonchev–Trinajstić information content (AvgIpc) is 3.19. The normalized spacial score (nSPS) is 23.9. The van der Waals surface area contributed by atoms with Crippen LogP contribution in [0.4, 0.5) is 0 Å². The van der Waals surface area contributed by atoms with Crippen LogP contribution < -0.4 is 15.4 Å². The first-order chi connectivity index (χ1) is 13.1. The van der Waals surface area contributed by atoms with Gasteiger partial charge in [-0.2, -0.15) is 0 Å². The van der Waals surface area contributed by atoms with Crippen LogP contribution in [0.5, 0.6) is 11.5 Å². The van der Waals surface area contributed by atoms with Crippen molar-refractivity contribution in [3.63, 3.8) is 0 Å². The molecule has 6 heteroatoms. The number of guanidine groups is 1. The van der Waals surface area contributed by atoms with Crippen LogP contribution in [0.3, 0.4) is 0 Å². The summed E-state index contributed by atoms with van der Waals surface area (Å²) >= 11 is 0. The molecule has 2 aliphatic carbocycles. The largest absolute Gasteiger partial charge is 0.508 e. The molecule has 0 saturated heterocycles. The van der Waals surface area contributed by atoms with Gasteiger partial charge >= 0.3 is 0 Å². The smallest absolute Gasteiger partial charge is 0.191 e. The fourth-order valence-electron chi connectivity index (χ4n) is 4.55. The molecule has 0 radical (unpaired) electrons. The van der Waals surface area contributed by atoms with E-state index in [-0.39, 0.29) is 11.2 Å². The van der Waals surface area contributed by atoms with Crippen LogP contribution in [0.15, 0.2) is 23.2 Å². The van der Waals surface area contributed by atoms with E-state index in [1.54, 1.807) is 19.2 Å². The molecule has 1 spiro atoms. The minimum atomic E-state index is 0.239. The average molecular weight is 376 g/mol. The van der Waals surface area contributed by atoms with E-state index in [4.69, 9.17) is 14.5 Å². The van der Waals surface area contributed by atoms with Crippen molar-refractivity contribution in [2.45, 2.75) is 64.6 Å². The van der Waals surface area contributed by atoms with Crippen molar-refractivity contribution in [3.8, 4) is 11.5 Å². The maximum absolute atomic E-state index is 10.1.